The van der Waals surface area contributed by atoms with E-state index in [0.29, 0.717) is 10.0 Å². The van der Waals surface area contributed by atoms with Crippen molar-refractivity contribution in [1.29, 1.82) is 0 Å². The Morgan fingerprint density at radius 2 is 2.00 bits per heavy atom. The predicted molar refractivity (Wildman–Crippen MR) is 120 cm³/mol. The van der Waals surface area contributed by atoms with E-state index in [1.54, 1.807) is 18.9 Å². The number of halogens is 1. The van der Waals surface area contributed by atoms with Crippen molar-refractivity contribution in [3.63, 3.8) is 0 Å². The summed E-state index contributed by atoms with van der Waals surface area (Å²) in [6.45, 7) is 3.67. The van der Waals surface area contributed by atoms with Crippen LogP contribution in [0.4, 0.5) is 5.69 Å². The highest BCUT2D eigenvalue weighted by molar-refractivity contribution is 8.02. The van der Waals surface area contributed by atoms with E-state index in [9.17, 15) is 4.79 Å². The van der Waals surface area contributed by atoms with E-state index < -0.39 is 0 Å². The second-order valence-corrected chi connectivity index (χ2v) is 8.90. The minimum atomic E-state index is -0.264. The number of hydrogen-bond acceptors (Lipinski definition) is 5. The number of carbonyl (C=O) groups excluding carboxylic acids is 1. The summed E-state index contributed by atoms with van der Waals surface area (Å²) in [4.78, 5) is 12.9. The van der Waals surface area contributed by atoms with Gasteiger partial charge >= 0.3 is 5.97 Å². The number of para-hydroxylation sites is 1. The number of rotatable bonds is 5. The molecule has 0 amide bonds. The summed E-state index contributed by atoms with van der Waals surface area (Å²) in [5.74, 6) is 0.515. The van der Waals surface area contributed by atoms with Crippen LogP contribution in [-0.4, -0.2) is 29.4 Å². The Bertz CT molecular complexity index is 888. The van der Waals surface area contributed by atoms with Crippen molar-refractivity contribution in [2.24, 2.45) is 0 Å². The summed E-state index contributed by atoms with van der Waals surface area (Å²) in [6, 6.07) is 13.5. The first-order chi connectivity index (χ1) is 13.4. The maximum Gasteiger partial charge on any atom is 0.307 e. The molecular formula is C21H22ClNO3S2. The van der Waals surface area contributed by atoms with Gasteiger partial charge in [0, 0.05) is 16.3 Å². The molecule has 0 saturated heterocycles. The smallest absolute Gasteiger partial charge is 0.307 e. The second kappa shape index (κ2) is 9.16. The Morgan fingerprint density at radius 3 is 2.71 bits per heavy atom. The summed E-state index contributed by atoms with van der Waals surface area (Å²) < 4.78 is 10.9. The van der Waals surface area contributed by atoms with Gasteiger partial charge in [-0.3, -0.25) is 4.79 Å². The van der Waals surface area contributed by atoms with E-state index in [1.807, 2.05) is 56.3 Å². The fraction of sp³-hybridized carbons (Fsp3) is 0.333. The lowest BCUT2D eigenvalue weighted by Gasteiger charge is -2.22. The van der Waals surface area contributed by atoms with Crippen LogP contribution in [-0.2, 0) is 9.53 Å². The predicted octanol–water partition coefficient (Wildman–Crippen LogP) is 5.63. The monoisotopic (exact) mass is 435 g/mol. The largest absolute Gasteiger partial charge is 0.496 e. The van der Waals surface area contributed by atoms with E-state index >= 15 is 0 Å². The lowest BCUT2D eigenvalue weighted by molar-refractivity contribution is -0.147. The van der Waals surface area contributed by atoms with Crippen LogP contribution in [0.1, 0.15) is 36.6 Å². The number of benzene rings is 2. The highest BCUT2D eigenvalue weighted by Gasteiger charge is 2.33. The molecule has 0 radical (unpaired) electrons. The van der Waals surface area contributed by atoms with Gasteiger partial charge in [-0.15, -0.1) is 11.8 Å². The van der Waals surface area contributed by atoms with Crippen molar-refractivity contribution in [2.75, 3.05) is 12.4 Å². The van der Waals surface area contributed by atoms with Crippen molar-refractivity contribution in [3.05, 3.63) is 58.6 Å². The standard InChI is InChI=1S/C21H22ClNO3S2/c1-12(2)26-19(24)11-18-21(27)23-16-9-8-13(22)10-15(16)20(28-18)14-6-4-5-7-17(14)25-3/h4-10,12,18,20H,11H2,1-3H3,(H,23,27). The first kappa shape index (κ1) is 21.0. The molecule has 0 spiro atoms. The molecule has 0 bridgehead atoms. The van der Waals surface area contributed by atoms with Crippen LogP contribution in [0, 0.1) is 0 Å². The number of ether oxygens (including phenoxy) is 2. The van der Waals surface area contributed by atoms with Gasteiger partial charge in [0.05, 0.1) is 35.1 Å². The van der Waals surface area contributed by atoms with Crippen molar-refractivity contribution >= 4 is 52.2 Å². The lowest BCUT2D eigenvalue weighted by atomic mass is 10.0. The van der Waals surface area contributed by atoms with Crippen LogP contribution in [0.5, 0.6) is 5.75 Å². The van der Waals surface area contributed by atoms with Gasteiger partial charge in [-0.05, 0) is 43.7 Å². The van der Waals surface area contributed by atoms with Crippen LogP contribution < -0.4 is 10.1 Å². The maximum absolute atomic E-state index is 12.3. The molecule has 1 N–H and O–H groups in total. The quantitative estimate of drug-likeness (QED) is 0.484. The average molecular weight is 436 g/mol. The van der Waals surface area contributed by atoms with Crippen LogP contribution in [0.3, 0.4) is 0 Å². The highest BCUT2D eigenvalue weighted by atomic mass is 35.5. The number of esters is 1. The van der Waals surface area contributed by atoms with E-state index in [0.717, 1.165) is 22.6 Å². The van der Waals surface area contributed by atoms with E-state index in [4.69, 9.17) is 33.3 Å². The zero-order valence-corrected chi connectivity index (χ0v) is 18.3. The van der Waals surface area contributed by atoms with Gasteiger partial charge in [-0.1, -0.05) is 42.0 Å². The Morgan fingerprint density at radius 1 is 1.25 bits per heavy atom. The molecule has 1 aliphatic rings. The van der Waals surface area contributed by atoms with Crippen LogP contribution in [0.2, 0.25) is 5.02 Å². The highest BCUT2D eigenvalue weighted by Crippen LogP contribution is 2.48. The molecule has 1 aliphatic heterocycles. The zero-order valence-electron chi connectivity index (χ0n) is 15.9. The third-order valence-electron chi connectivity index (χ3n) is 4.29. The van der Waals surface area contributed by atoms with Gasteiger partial charge in [0.15, 0.2) is 0 Å². The van der Waals surface area contributed by atoms with Crippen LogP contribution in [0.25, 0.3) is 0 Å². The van der Waals surface area contributed by atoms with Crippen molar-refractivity contribution in [3.8, 4) is 5.75 Å². The van der Waals surface area contributed by atoms with Crippen molar-refractivity contribution < 1.29 is 14.3 Å². The minimum absolute atomic E-state index is 0.102. The number of fused-ring (bicyclic) bond motifs is 1. The molecule has 148 valence electrons. The molecule has 0 fully saturated rings. The Kier molecular flexibility index (Phi) is 6.86. The fourth-order valence-electron chi connectivity index (χ4n) is 3.10. The third-order valence-corrected chi connectivity index (χ3v) is 6.57. The molecule has 2 atom stereocenters. The molecule has 7 heteroatoms. The molecule has 2 aromatic carbocycles. The zero-order chi connectivity index (χ0) is 20.3. The SMILES string of the molecule is COc1ccccc1C1SC(CC(=O)OC(C)C)C(=S)Nc2ccc(Cl)cc21. The van der Waals surface area contributed by atoms with Crippen molar-refractivity contribution in [1.82, 2.24) is 0 Å². The summed E-state index contributed by atoms with van der Waals surface area (Å²) in [7, 11) is 1.65. The summed E-state index contributed by atoms with van der Waals surface area (Å²) in [5.41, 5.74) is 2.90. The second-order valence-electron chi connectivity index (χ2n) is 6.71. The van der Waals surface area contributed by atoms with Gasteiger partial charge < -0.3 is 14.8 Å². The van der Waals surface area contributed by atoms with E-state index in [1.165, 1.54) is 0 Å². The molecule has 4 nitrogen and oxygen atoms in total. The molecule has 3 rings (SSSR count). The first-order valence-electron chi connectivity index (χ1n) is 8.97. The maximum atomic E-state index is 12.3. The molecule has 0 aromatic heterocycles. The molecule has 2 unspecified atom stereocenters. The van der Waals surface area contributed by atoms with Crippen LogP contribution in [0.15, 0.2) is 42.5 Å². The summed E-state index contributed by atoms with van der Waals surface area (Å²) >= 11 is 13.5. The molecule has 0 saturated carbocycles. The van der Waals surface area contributed by atoms with Gasteiger partial charge in [0.2, 0.25) is 0 Å². The molecule has 28 heavy (non-hydrogen) atoms. The third kappa shape index (κ3) is 4.80. The van der Waals surface area contributed by atoms with E-state index in [-0.39, 0.29) is 29.0 Å². The molecule has 2 aromatic rings. The summed E-state index contributed by atoms with van der Waals surface area (Å²) in [6.07, 6.45) is 0.0352. The van der Waals surface area contributed by atoms with Gasteiger partial charge in [-0.2, -0.15) is 0 Å². The van der Waals surface area contributed by atoms with Crippen LogP contribution >= 0.6 is 35.6 Å². The number of carbonyl (C=O) groups is 1. The summed E-state index contributed by atoms with van der Waals surface area (Å²) in [5, 5.41) is 3.61. The topological polar surface area (TPSA) is 47.6 Å². The average Bonchev–Trinajstić information content (AvgIpc) is 2.78. The van der Waals surface area contributed by atoms with Crippen molar-refractivity contribution in [2.45, 2.75) is 36.9 Å². The molecular weight excluding hydrogens is 414 g/mol. The Labute approximate surface area is 179 Å². The first-order valence-corrected chi connectivity index (χ1v) is 10.7. The number of thiocarbonyl (C=S) groups is 1. The minimum Gasteiger partial charge on any atom is -0.496 e. The Balaban J connectivity index is 2.02. The number of hydrogen-bond donors (Lipinski definition) is 1. The number of nitrogens with one attached hydrogen (secondary N) is 1. The normalized spacial score (nSPS) is 18.8. The van der Waals surface area contributed by atoms with E-state index in [2.05, 4.69) is 5.32 Å². The Hall–Kier alpha value is -1.76. The fourth-order valence-corrected chi connectivity index (χ4v) is 5.07. The number of methoxy groups -OCH3 is 1. The number of thioether (sulfide) groups is 1. The number of anilines is 1. The van der Waals surface area contributed by atoms with Gasteiger partial charge in [0.25, 0.3) is 0 Å². The lowest BCUT2D eigenvalue weighted by Crippen LogP contribution is -2.26. The molecule has 0 aliphatic carbocycles. The molecule has 1 heterocycles. The van der Waals surface area contributed by atoms with Gasteiger partial charge in [-0.25, -0.2) is 0 Å². The van der Waals surface area contributed by atoms with Gasteiger partial charge in [0.1, 0.15) is 5.75 Å².